The van der Waals surface area contributed by atoms with E-state index in [1.807, 2.05) is 28.7 Å². The highest BCUT2D eigenvalue weighted by Crippen LogP contribution is 2.30. The van der Waals surface area contributed by atoms with Crippen molar-refractivity contribution in [1.82, 2.24) is 20.4 Å². The number of piperidine rings is 1. The molecule has 1 saturated carbocycles. The lowest BCUT2D eigenvalue weighted by Gasteiger charge is -2.38. The summed E-state index contributed by atoms with van der Waals surface area (Å²) >= 11 is 1.93. The van der Waals surface area contributed by atoms with Crippen LogP contribution < -0.4 is 10.6 Å². The molecule has 1 amide bonds. The van der Waals surface area contributed by atoms with Crippen LogP contribution in [0.25, 0.3) is 0 Å². The lowest BCUT2D eigenvalue weighted by Crippen LogP contribution is -2.57. The van der Waals surface area contributed by atoms with E-state index < -0.39 is 5.54 Å². The van der Waals surface area contributed by atoms with Gasteiger partial charge in [-0.3, -0.25) is 9.48 Å². The Morgan fingerprint density at radius 3 is 2.91 bits per heavy atom. The lowest BCUT2D eigenvalue weighted by molar-refractivity contribution is -0.133. The lowest BCUT2D eigenvalue weighted by atomic mass is 9.86. The minimum Gasteiger partial charge on any atom is -0.351 e. The Morgan fingerprint density at radius 1 is 1.41 bits per heavy atom. The fourth-order valence-corrected chi connectivity index (χ4v) is 4.56. The van der Waals surface area contributed by atoms with Crippen LogP contribution in [0.1, 0.15) is 38.5 Å². The van der Waals surface area contributed by atoms with Gasteiger partial charge in [-0.25, -0.2) is 0 Å². The zero-order chi connectivity index (χ0) is 15.4. The number of hydrogen-bond acceptors (Lipinski definition) is 4. The van der Waals surface area contributed by atoms with Crippen LogP contribution in [-0.2, 0) is 10.3 Å². The molecule has 1 aliphatic carbocycles. The van der Waals surface area contributed by atoms with Crippen molar-refractivity contribution >= 4 is 17.7 Å². The molecule has 1 aliphatic heterocycles. The van der Waals surface area contributed by atoms with Crippen molar-refractivity contribution in [2.45, 2.75) is 55.4 Å². The first-order chi connectivity index (χ1) is 10.7. The van der Waals surface area contributed by atoms with Gasteiger partial charge in [-0.15, -0.1) is 0 Å². The maximum absolute atomic E-state index is 13.1. The van der Waals surface area contributed by atoms with E-state index in [1.54, 1.807) is 6.20 Å². The summed E-state index contributed by atoms with van der Waals surface area (Å²) in [6, 6.07) is 2.22. The van der Waals surface area contributed by atoms with Gasteiger partial charge < -0.3 is 10.6 Å². The van der Waals surface area contributed by atoms with Crippen LogP contribution in [0.2, 0.25) is 0 Å². The van der Waals surface area contributed by atoms with Crippen LogP contribution in [0.3, 0.4) is 0 Å². The third kappa shape index (κ3) is 3.18. The molecule has 5 nitrogen and oxygen atoms in total. The first kappa shape index (κ1) is 15.9. The largest absolute Gasteiger partial charge is 0.351 e. The Bertz CT molecular complexity index is 484. The summed E-state index contributed by atoms with van der Waals surface area (Å²) < 4.78 is 1.87. The van der Waals surface area contributed by atoms with Crippen molar-refractivity contribution in [3.63, 3.8) is 0 Å². The Hall–Kier alpha value is -1.01. The molecule has 1 aromatic heterocycles. The van der Waals surface area contributed by atoms with E-state index in [-0.39, 0.29) is 5.91 Å². The molecular weight excluding hydrogens is 296 g/mol. The molecule has 0 spiro atoms. The second-order valence-electron chi connectivity index (χ2n) is 6.43. The molecular formula is C16H26N4OS. The Kier molecular flexibility index (Phi) is 5.08. The van der Waals surface area contributed by atoms with Crippen LogP contribution >= 0.6 is 11.8 Å². The van der Waals surface area contributed by atoms with Crippen molar-refractivity contribution in [2.75, 3.05) is 19.3 Å². The van der Waals surface area contributed by atoms with E-state index in [1.165, 1.54) is 12.8 Å². The summed E-state index contributed by atoms with van der Waals surface area (Å²) in [5, 5.41) is 11.8. The molecule has 2 fully saturated rings. The van der Waals surface area contributed by atoms with E-state index in [4.69, 9.17) is 0 Å². The molecule has 2 heterocycles. The third-order valence-electron chi connectivity index (χ3n) is 5.09. The van der Waals surface area contributed by atoms with Gasteiger partial charge in [0.05, 0.1) is 0 Å². The molecule has 1 aromatic rings. The summed E-state index contributed by atoms with van der Waals surface area (Å²) in [5.41, 5.74) is -0.513. The van der Waals surface area contributed by atoms with Crippen LogP contribution in [0, 0.1) is 0 Å². The normalized spacial score (nSPS) is 28.2. The van der Waals surface area contributed by atoms with Crippen LogP contribution in [0.4, 0.5) is 0 Å². The van der Waals surface area contributed by atoms with Gasteiger partial charge >= 0.3 is 0 Å². The number of rotatable bonds is 4. The molecule has 2 N–H and O–H groups in total. The molecule has 0 radical (unpaired) electrons. The standard InChI is InChI=1S/C16H26N4OS/c1-22-14-5-2-4-13(12-14)19-15(21)16(6-9-17-10-7-16)20-11-3-8-18-20/h3,8,11,13-14,17H,2,4-7,9-10,12H2,1H3,(H,19,21). The predicted octanol–water partition coefficient (Wildman–Crippen LogP) is 1.75. The predicted molar refractivity (Wildman–Crippen MR) is 90.0 cm³/mol. The smallest absolute Gasteiger partial charge is 0.248 e. The molecule has 2 unspecified atom stereocenters. The quantitative estimate of drug-likeness (QED) is 0.887. The number of carbonyl (C=O) groups excluding carboxylic acids is 1. The topological polar surface area (TPSA) is 59.0 Å². The Morgan fingerprint density at radius 2 is 2.23 bits per heavy atom. The van der Waals surface area contributed by atoms with Gasteiger partial charge in [0, 0.05) is 23.7 Å². The second kappa shape index (κ2) is 7.04. The van der Waals surface area contributed by atoms with Gasteiger partial charge in [0.25, 0.3) is 0 Å². The monoisotopic (exact) mass is 322 g/mol. The van der Waals surface area contributed by atoms with Gasteiger partial charge in [-0.2, -0.15) is 16.9 Å². The van der Waals surface area contributed by atoms with Crippen LogP contribution in [0.15, 0.2) is 18.5 Å². The Labute approximate surface area is 136 Å². The highest BCUT2D eigenvalue weighted by molar-refractivity contribution is 7.99. The first-order valence-electron chi connectivity index (χ1n) is 8.29. The van der Waals surface area contributed by atoms with Gasteiger partial charge in [0.2, 0.25) is 5.91 Å². The fourth-order valence-electron chi connectivity index (χ4n) is 3.73. The number of nitrogens with one attached hydrogen (secondary N) is 2. The number of amides is 1. The molecule has 0 aromatic carbocycles. The van der Waals surface area contributed by atoms with Gasteiger partial charge in [0.15, 0.2) is 0 Å². The zero-order valence-electron chi connectivity index (χ0n) is 13.3. The van der Waals surface area contributed by atoms with Crippen molar-refractivity contribution < 1.29 is 4.79 Å². The van der Waals surface area contributed by atoms with E-state index in [0.717, 1.165) is 38.8 Å². The van der Waals surface area contributed by atoms with Gasteiger partial charge in [-0.05, 0) is 57.5 Å². The fraction of sp³-hybridized carbons (Fsp3) is 0.750. The van der Waals surface area contributed by atoms with E-state index >= 15 is 0 Å². The van der Waals surface area contributed by atoms with Crippen molar-refractivity contribution in [2.24, 2.45) is 0 Å². The average molecular weight is 322 g/mol. The summed E-state index contributed by atoms with van der Waals surface area (Å²) in [4.78, 5) is 13.1. The van der Waals surface area contributed by atoms with E-state index in [9.17, 15) is 4.79 Å². The number of nitrogens with zero attached hydrogens (tertiary/aromatic N) is 2. The number of carbonyl (C=O) groups is 1. The SMILES string of the molecule is CSC1CCCC(NC(=O)C2(n3cccn3)CCNCC2)C1. The maximum atomic E-state index is 13.1. The summed E-state index contributed by atoms with van der Waals surface area (Å²) in [6.45, 7) is 1.73. The third-order valence-corrected chi connectivity index (χ3v) is 6.19. The van der Waals surface area contributed by atoms with Gasteiger partial charge in [0.1, 0.15) is 5.54 Å². The molecule has 1 saturated heterocycles. The number of thioether (sulfide) groups is 1. The minimum absolute atomic E-state index is 0.157. The van der Waals surface area contributed by atoms with Crippen molar-refractivity contribution in [3.8, 4) is 0 Å². The summed E-state index contributed by atoms with van der Waals surface area (Å²) in [7, 11) is 0. The summed E-state index contributed by atoms with van der Waals surface area (Å²) in [6.07, 6.45) is 12.2. The Balaban J connectivity index is 1.72. The van der Waals surface area contributed by atoms with Crippen LogP contribution in [0.5, 0.6) is 0 Å². The number of hydrogen-bond donors (Lipinski definition) is 2. The average Bonchev–Trinajstić information content (AvgIpc) is 3.10. The van der Waals surface area contributed by atoms with Gasteiger partial charge in [-0.1, -0.05) is 6.42 Å². The molecule has 3 rings (SSSR count). The maximum Gasteiger partial charge on any atom is 0.248 e. The molecule has 2 atom stereocenters. The molecule has 6 heteroatoms. The minimum atomic E-state index is -0.513. The molecule has 2 aliphatic rings. The zero-order valence-corrected chi connectivity index (χ0v) is 14.1. The van der Waals surface area contributed by atoms with E-state index in [2.05, 4.69) is 22.0 Å². The first-order valence-corrected chi connectivity index (χ1v) is 9.58. The van der Waals surface area contributed by atoms with E-state index in [0.29, 0.717) is 11.3 Å². The molecule has 22 heavy (non-hydrogen) atoms. The second-order valence-corrected chi connectivity index (χ2v) is 7.56. The van der Waals surface area contributed by atoms with Crippen LogP contribution in [-0.4, -0.2) is 46.3 Å². The molecule has 122 valence electrons. The van der Waals surface area contributed by atoms with Crippen molar-refractivity contribution in [1.29, 1.82) is 0 Å². The van der Waals surface area contributed by atoms with Crippen molar-refractivity contribution in [3.05, 3.63) is 18.5 Å². The summed E-state index contributed by atoms with van der Waals surface area (Å²) in [5.74, 6) is 0.157. The highest BCUT2D eigenvalue weighted by atomic mass is 32.2. The highest BCUT2D eigenvalue weighted by Gasteiger charge is 2.42. The molecule has 0 bridgehead atoms. The number of aromatic nitrogens is 2.